The van der Waals surface area contributed by atoms with Gasteiger partial charge in [0, 0.05) is 11.1 Å². The van der Waals surface area contributed by atoms with E-state index in [4.69, 9.17) is 0 Å². The highest BCUT2D eigenvalue weighted by atomic mass is 19.2. The zero-order valence-corrected chi connectivity index (χ0v) is 30.7. The Morgan fingerprint density at radius 2 is 1.04 bits per heavy atom. The molecule has 268 valence electrons. The summed E-state index contributed by atoms with van der Waals surface area (Å²) in [7, 11) is 0. The lowest BCUT2D eigenvalue weighted by Crippen LogP contribution is -2.25. The maximum atomic E-state index is 15.5. The van der Waals surface area contributed by atoms with Gasteiger partial charge in [-0.05, 0) is 103 Å². The highest BCUT2D eigenvalue weighted by molar-refractivity contribution is 5.71. The molecule has 2 aliphatic rings. The number of hydrogen-bond acceptors (Lipinski definition) is 0. The molecule has 0 aliphatic heterocycles. The number of unbranched alkanes of at least 4 members (excludes halogenated alkanes) is 10. The molecule has 49 heavy (non-hydrogen) atoms. The Bertz CT molecular complexity index is 1390. The lowest BCUT2D eigenvalue weighted by Gasteiger charge is -2.38. The van der Waals surface area contributed by atoms with Crippen molar-refractivity contribution in [2.75, 3.05) is 0 Å². The van der Waals surface area contributed by atoms with Crippen LogP contribution in [0.1, 0.15) is 166 Å². The molecule has 5 rings (SSSR count). The highest BCUT2D eigenvalue weighted by Gasteiger charge is 2.31. The first-order chi connectivity index (χ1) is 24.0. The third-order valence-electron chi connectivity index (χ3n) is 12.2. The van der Waals surface area contributed by atoms with Crippen LogP contribution in [0.15, 0.2) is 54.6 Å². The molecule has 0 heterocycles. The fourth-order valence-corrected chi connectivity index (χ4v) is 9.04. The molecule has 0 aromatic heterocycles. The lowest BCUT2D eigenvalue weighted by atomic mass is 9.68. The molecule has 3 aromatic rings. The van der Waals surface area contributed by atoms with Gasteiger partial charge in [-0.25, -0.2) is 13.2 Å². The van der Waals surface area contributed by atoms with Crippen LogP contribution in [0.3, 0.4) is 0 Å². The van der Waals surface area contributed by atoms with E-state index in [1.165, 1.54) is 103 Å². The molecule has 0 nitrogen and oxygen atoms in total. The monoisotopic (exact) mass is 672 g/mol. The maximum Gasteiger partial charge on any atom is 0.166 e. The molecule has 0 N–H and O–H groups in total. The predicted molar refractivity (Wildman–Crippen MR) is 202 cm³/mol. The van der Waals surface area contributed by atoms with Gasteiger partial charge in [0.2, 0.25) is 0 Å². The van der Waals surface area contributed by atoms with Crippen molar-refractivity contribution in [3.05, 3.63) is 83.2 Å². The van der Waals surface area contributed by atoms with Crippen LogP contribution in [-0.2, 0) is 6.42 Å². The summed E-state index contributed by atoms with van der Waals surface area (Å²) in [5.41, 5.74) is 3.74. The second-order valence-electron chi connectivity index (χ2n) is 15.7. The van der Waals surface area contributed by atoms with Crippen molar-refractivity contribution in [3.8, 4) is 22.3 Å². The van der Waals surface area contributed by atoms with Crippen molar-refractivity contribution in [2.24, 2.45) is 17.8 Å². The fraction of sp³-hybridized carbons (Fsp3) is 0.609. The molecular formula is C46H63F3. The minimum absolute atomic E-state index is 0.202. The summed E-state index contributed by atoms with van der Waals surface area (Å²) in [5.74, 6) is 1.42. The Balaban J connectivity index is 1.09. The summed E-state index contributed by atoms with van der Waals surface area (Å²) in [4.78, 5) is 0. The van der Waals surface area contributed by atoms with Crippen LogP contribution in [0.4, 0.5) is 13.2 Å². The van der Waals surface area contributed by atoms with E-state index in [0.717, 1.165) is 61.0 Å². The van der Waals surface area contributed by atoms with Crippen LogP contribution in [0, 0.1) is 35.2 Å². The van der Waals surface area contributed by atoms with Gasteiger partial charge in [0.25, 0.3) is 0 Å². The molecule has 0 saturated heterocycles. The van der Waals surface area contributed by atoms with E-state index >= 15 is 8.78 Å². The Morgan fingerprint density at radius 1 is 0.510 bits per heavy atom. The van der Waals surface area contributed by atoms with Gasteiger partial charge < -0.3 is 0 Å². The van der Waals surface area contributed by atoms with Crippen molar-refractivity contribution in [2.45, 2.75) is 161 Å². The molecular weight excluding hydrogens is 610 g/mol. The average Bonchev–Trinajstić information content (AvgIpc) is 3.13. The van der Waals surface area contributed by atoms with Crippen molar-refractivity contribution >= 4 is 0 Å². The Labute approximate surface area is 296 Å². The van der Waals surface area contributed by atoms with Gasteiger partial charge in [-0.1, -0.05) is 152 Å². The molecule has 3 heteroatoms. The minimum Gasteiger partial charge on any atom is -0.206 e. The van der Waals surface area contributed by atoms with E-state index in [1.807, 2.05) is 18.2 Å². The zero-order chi connectivity index (χ0) is 34.4. The van der Waals surface area contributed by atoms with Gasteiger partial charge in [0.05, 0.1) is 0 Å². The summed E-state index contributed by atoms with van der Waals surface area (Å²) in [5, 5.41) is 0. The summed E-state index contributed by atoms with van der Waals surface area (Å²) >= 11 is 0. The molecule has 0 spiro atoms. The average molecular weight is 673 g/mol. The van der Waals surface area contributed by atoms with Gasteiger partial charge in [0.1, 0.15) is 5.82 Å². The summed E-state index contributed by atoms with van der Waals surface area (Å²) in [6, 6.07) is 16.4. The molecule has 0 radical (unpaired) electrons. The van der Waals surface area contributed by atoms with Gasteiger partial charge in [-0.2, -0.15) is 0 Å². The number of rotatable bonds is 18. The zero-order valence-electron chi connectivity index (χ0n) is 30.7. The van der Waals surface area contributed by atoms with Crippen LogP contribution >= 0.6 is 0 Å². The van der Waals surface area contributed by atoms with Gasteiger partial charge in [-0.15, -0.1) is 0 Å². The topological polar surface area (TPSA) is 0 Å². The molecule has 2 saturated carbocycles. The van der Waals surface area contributed by atoms with Crippen molar-refractivity contribution in [3.63, 3.8) is 0 Å². The van der Waals surface area contributed by atoms with E-state index in [-0.39, 0.29) is 11.4 Å². The fourth-order valence-electron chi connectivity index (χ4n) is 9.04. The van der Waals surface area contributed by atoms with E-state index in [9.17, 15) is 4.39 Å². The normalized spacial score (nSPS) is 21.2. The van der Waals surface area contributed by atoms with Gasteiger partial charge in [0.15, 0.2) is 11.6 Å². The number of hydrogen-bond donors (Lipinski definition) is 0. The Morgan fingerprint density at radius 3 is 1.65 bits per heavy atom. The van der Waals surface area contributed by atoms with E-state index in [0.29, 0.717) is 29.0 Å². The van der Waals surface area contributed by atoms with E-state index in [2.05, 4.69) is 19.9 Å². The second kappa shape index (κ2) is 19.7. The van der Waals surface area contributed by atoms with Crippen LogP contribution < -0.4 is 0 Å². The molecule has 3 aromatic carbocycles. The predicted octanol–water partition coefficient (Wildman–Crippen LogP) is 15.2. The number of halogens is 3. The first-order valence-electron chi connectivity index (χ1n) is 20.4. The summed E-state index contributed by atoms with van der Waals surface area (Å²) in [6.07, 6.45) is 27.6. The van der Waals surface area contributed by atoms with Gasteiger partial charge >= 0.3 is 0 Å². The minimum atomic E-state index is -0.792. The summed E-state index contributed by atoms with van der Waals surface area (Å²) in [6.45, 7) is 4.50. The number of benzene rings is 3. The quantitative estimate of drug-likeness (QED) is 0.118. The SMILES string of the molecule is CCCCCCCCCc1ccc(-c2ccc(-c3ccc(C4CCC(C5CCC(CCCCCCC)CC5)CC4)cc3F)cc2)c(F)c1F. The van der Waals surface area contributed by atoms with Crippen molar-refractivity contribution in [1.29, 1.82) is 0 Å². The molecule has 2 aliphatic carbocycles. The van der Waals surface area contributed by atoms with Gasteiger partial charge in [-0.3, -0.25) is 0 Å². The molecule has 0 amide bonds. The van der Waals surface area contributed by atoms with Crippen LogP contribution in [0.25, 0.3) is 22.3 Å². The standard InChI is InChI=1S/C46H63F3/c1-3-5-7-9-10-12-14-16-40-29-32-43(46(49)45(40)48)39-27-25-38(26-28-39)42-31-30-41(33-44(42)47)37-23-21-36(22-24-37)35-19-17-34(18-20-35)15-13-11-8-6-4-2/h25-37H,3-24H2,1-2H3. The third-order valence-corrected chi connectivity index (χ3v) is 12.2. The van der Waals surface area contributed by atoms with Crippen LogP contribution in [0.5, 0.6) is 0 Å². The second-order valence-corrected chi connectivity index (χ2v) is 15.7. The molecule has 0 unspecified atom stereocenters. The van der Waals surface area contributed by atoms with E-state index in [1.54, 1.807) is 30.3 Å². The van der Waals surface area contributed by atoms with Crippen LogP contribution in [-0.4, -0.2) is 0 Å². The van der Waals surface area contributed by atoms with Crippen molar-refractivity contribution < 1.29 is 13.2 Å². The first kappa shape index (κ1) is 37.7. The molecule has 2 fully saturated rings. The Hall–Kier alpha value is -2.55. The molecule has 0 bridgehead atoms. The van der Waals surface area contributed by atoms with E-state index < -0.39 is 11.6 Å². The smallest absolute Gasteiger partial charge is 0.166 e. The lowest BCUT2D eigenvalue weighted by molar-refractivity contribution is 0.155. The maximum absolute atomic E-state index is 15.5. The molecule has 0 atom stereocenters. The summed E-state index contributed by atoms with van der Waals surface area (Å²) < 4.78 is 45.7. The Kier molecular flexibility index (Phi) is 15.2. The third kappa shape index (κ3) is 10.7. The van der Waals surface area contributed by atoms with Crippen molar-refractivity contribution in [1.82, 2.24) is 0 Å². The van der Waals surface area contributed by atoms with Crippen LogP contribution in [0.2, 0.25) is 0 Å². The highest BCUT2D eigenvalue weighted by Crippen LogP contribution is 2.45. The largest absolute Gasteiger partial charge is 0.206 e. The first-order valence-corrected chi connectivity index (χ1v) is 20.4. The number of aryl methyl sites for hydroxylation is 1.